The van der Waals surface area contributed by atoms with Crippen molar-refractivity contribution < 1.29 is 4.39 Å². The van der Waals surface area contributed by atoms with Gasteiger partial charge in [-0.25, -0.2) is 4.39 Å². The first-order valence-electron chi connectivity index (χ1n) is 5.39. The van der Waals surface area contributed by atoms with E-state index in [2.05, 4.69) is 10.4 Å². The van der Waals surface area contributed by atoms with E-state index >= 15 is 0 Å². The lowest BCUT2D eigenvalue weighted by molar-refractivity contribution is 0.627. The molecule has 17 heavy (non-hydrogen) atoms. The van der Waals surface area contributed by atoms with Crippen molar-refractivity contribution in [2.75, 3.05) is 5.32 Å². The number of nitrogens with zero attached hydrogens (tertiary/aromatic N) is 2. The highest BCUT2D eigenvalue weighted by Crippen LogP contribution is 2.17. The first kappa shape index (κ1) is 11.9. The number of rotatable bonds is 4. The number of nitrogens with one attached hydrogen (secondary N) is 1. The van der Waals surface area contributed by atoms with Gasteiger partial charge in [0.2, 0.25) is 0 Å². The molecule has 1 aromatic heterocycles. The summed E-state index contributed by atoms with van der Waals surface area (Å²) in [7, 11) is 0. The summed E-state index contributed by atoms with van der Waals surface area (Å²) in [5.74, 6) is -0.394. The SMILES string of the molecule is CCn1cc(NCc2ccc(F)c(Cl)c2)cn1. The summed E-state index contributed by atoms with van der Waals surface area (Å²) in [5, 5.41) is 7.49. The molecular formula is C12H13ClFN3. The van der Waals surface area contributed by atoms with Gasteiger partial charge in [-0.1, -0.05) is 17.7 Å². The van der Waals surface area contributed by atoms with E-state index in [-0.39, 0.29) is 5.02 Å². The summed E-state index contributed by atoms with van der Waals surface area (Å²) in [5.41, 5.74) is 1.87. The molecule has 3 nitrogen and oxygen atoms in total. The van der Waals surface area contributed by atoms with E-state index in [4.69, 9.17) is 11.6 Å². The zero-order valence-electron chi connectivity index (χ0n) is 9.45. The average molecular weight is 254 g/mol. The smallest absolute Gasteiger partial charge is 0.141 e. The van der Waals surface area contributed by atoms with Gasteiger partial charge in [0.25, 0.3) is 0 Å². The fourth-order valence-electron chi connectivity index (χ4n) is 1.48. The van der Waals surface area contributed by atoms with Gasteiger partial charge in [-0.15, -0.1) is 0 Å². The second kappa shape index (κ2) is 5.19. The van der Waals surface area contributed by atoms with Gasteiger partial charge in [0.1, 0.15) is 5.82 Å². The van der Waals surface area contributed by atoms with Gasteiger partial charge in [0, 0.05) is 19.3 Å². The third-order valence-electron chi connectivity index (χ3n) is 2.44. The lowest BCUT2D eigenvalue weighted by atomic mass is 10.2. The Morgan fingerprint density at radius 2 is 2.29 bits per heavy atom. The minimum atomic E-state index is -0.394. The molecule has 0 aliphatic heterocycles. The summed E-state index contributed by atoms with van der Waals surface area (Å²) in [6.45, 7) is 3.45. The molecule has 0 fully saturated rings. The second-order valence-electron chi connectivity index (χ2n) is 3.69. The largest absolute Gasteiger partial charge is 0.378 e. The molecule has 1 heterocycles. The molecule has 0 aliphatic carbocycles. The molecule has 2 aromatic rings. The molecule has 0 saturated heterocycles. The Balaban J connectivity index is 1.99. The Kier molecular flexibility index (Phi) is 3.64. The van der Waals surface area contributed by atoms with Gasteiger partial charge >= 0.3 is 0 Å². The van der Waals surface area contributed by atoms with E-state index in [9.17, 15) is 4.39 Å². The van der Waals surface area contributed by atoms with Gasteiger partial charge in [0.15, 0.2) is 0 Å². The van der Waals surface area contributed by atoms with Gasteiger partial charge in [-0.05, 0) is 24.6 Å². The maximum atomic E-state index is 12.9. The molecule has 0 aliphatic rings. The molecule has 0 spiro atoms. The quantitative estimate of drug-likeness (QED) is 0.906. The van der Waals surface area contributed by atoms with Crippen LogP contribution in [0.4, 0.5) is 10.1 Å². The summed E-state index contributed by atoms with van der Waals surface area (Å²) in [4.78, 5) is 0. The van der Waals surface area contributed by atoms with E-state index in [1.54, 1.807) is 18.3 Å². The molecule has 1 aromatic carbocycles. The fourth-order valence-corrected chi connectivity index (χ4v) is 1.68. The van der Waals surface area contributed by atoms with Gasteiger partial charge in [-0.3, -0.25) is 4.68 Å². The van der Waals surface area contributed by atoms with Gasteiger partial charge in [-0.2, -0.15) is 5.10 Å². The highest BCUT2D eigenvalue weighted by molar-refractivity contribution is 6.30. The lowest BCUT2D eigenvalue weighted by Gasteiger charge is -2.04. The van der Waals surface area contributed by atoms with E-state index in [0.717, 1.165) is 17.8 Å². The number of aromatic nitrogens is 2. The van der Waals surface area contributed by atoms with Crippen LogP contribution in [0.2, 0.25) is 5.02 Å². The zero-order chi connectivity index (χ0) is 12.3. The molecule has 5 heteroatoms. The molecule has 0 unspecified atom stereocenters. The molecule has 90 valence electrons. The monoisotopic (exact) mass is 253 g/mol. The third-order valence-corrected chi connectivity index (χ3v) is 2.73. The van der Waals surface area contributed by atoms with Crippen molar-refractivity contribution in [2.45, 2.75) is 20.0 Å². The van der Waals surface area contributed by atoms with Gasteiger partial charge < -0.3 is 5.32 Å². The molecule has 1 N–H and O–H groups in total. The second-order valence-corrected chi connectivity index (χ2v) is 4.09. The van der Waals surface area contributed by atoms with Crippen molar-refractivity contribution in [1.29, 1.82) is 0 Å². The third kappa shape index (κ3) is 2.97. The van der Waals surface area contributed by atoms with Crippen LogP contribution in [0.25, 0.3) is 0 Å². The number of benzene rings is 1. The van der Waals surface area contributed by atoms with Crippen molar-refractivity contribution in [1.82, 2.24) is 9.78 Å². The molecular weight excluding hydrogens is 241 g/mol. The Hall–Kier alpha value is -1.55. The van der Waals surface area contributed by atoms with Crippen LogP contribution in [0.5, 0.6) is 0 Å². The number of hydrogen-bond acceptors (Lipinski definition) is 2. The topological polar surface area (TPSA) is 29.9 Å². The van der Waals surface area contributed by atoms with E-state index in [1.807, 2.05) is 17.8 Å². The Morgan fingerprint density at radius 3 is 2.94 bits per heavy atom. The highest BCUT2D eigenvalue weighted by atomic mass is 35.5. The summed E-state index contributed by atoms with van der Waals surface area (Å²) in [6, 6.07) is 4.70. The van der Waals surface area contributed by atoms with E-state index in [1.165, 1.54) is 6.07 Å². The van der Waals surface area contributed by atoms with Crippen LogP contribution in [0.3, 0.4) is 0 Å². The van der Waals surface area contributed by atoms with Gasteiger partial charge in [0.05, 0.1) is 16.9 Å². The summed E-state index contributed by atoms with van der Waals surface area (Å²) in [6.07, 6.45) is 3.68. The Labute approximate surface area is 104 Å². The number of halogens is 2. The minimum Gasteiger partial charge on any atom is -0.378 e. The van der Waals surface area contributed by atoms with Crippen molar-refractivity contribution >= 4 is 17.3 Å². The van der Waals surface area contributed by atoms with Crippen LogP contribution in [0.15, 0.2) is 30.6 Å². The maximum absolute atomic E-state index is 12.9. The first-order chi connectivity index (χ1) is 8.19. The van der Waals surface area contributed by atoms with Crippen molar-refractivity contribution in [2.24, 2.45) is 0 Å². The van der Waals surface area contributed by atoms with Crippen molar-refractivity contribution in [3.05, 3.63) is 47.0 Å². The van der Waals surface area contributed by atoms with E-state index in [0.29, 0.717) is 6.54 Å². The van der Waals surface area contributed by atoms with Crippen LogP contribution in [0, 0.1) is 5.82 Å². The number of aryl methyl sites for hydroxylation is 1. The van der Waals surface area contributed by atoms with Crippen LogP contribution in [0.1, 0.15) is 12.5 Å². The molecule has 0 amide bonds. The number of hydrogen-bond donors (Lipinski definition) is 1. The minimum absolute atomic E-state index is 0.147. The maximum Gasteiger partial charge on any atom is 0.141 e. The molecule has 0 radical (unpaired) electrons. The van der Waals surface area contributed by atoms with Crippen molar-refractivity contribution in [3.8, 4) is 0 Å². The van der Waals surface area contributed by atoms with Crippen LogP contribution in [-0.2, 0) is 13.1 Å². The molecule has 0 atom stereocenters. The molecule has 2 rings (SSSR count). The highest BCUT2D eigenvalue weighted by Gasteiger charge is 2.01. The normalized spacial score (nSPS) is 10.5. The van der Waals surface area contributed by atoms with E-state index < -0.39 is 5.82 Å². The first-order valence-corrected chi connectivity index (χ1v) is 5.77. The van der Waals surface area contributed by atoms with Crippen molar-refractivity contribution in [3.63, 3.8) is 0 Å². The Bertz CT molecular complexity index is 510. The van der Waals surface area contributed by atoms with Crippen LogP contribution < -0.4 is 5.32 Å². The van der Waals surface area contributed by atoms with Crippen LogP contribution >= 0.6 is 11.6 Å². The Morgan fingerprint density at radius 1 is 1.47 bits per heavy atom. The summed E-state index contributed by atoms with van der Waals surface area (Å²) >= 11 is 5.70. The standard InChI is InChI=1S/C12H13ClFN3/c1-2-17-8-10(7-16-17)15-6-9-3-4-12(14)11(13)5-9/h3-5,7-8,15H,2,6H2,1H3. The predicted molar refractivity (Wildman–Crippen MR) is 66.6 cm³/mol. The molecule has 0 saturated carbocycles. The summed E-state index contributed by atoms with van der Waals surface area (Å²) < 4.78 is 14.8. The predicted octanol–water partition coefficient (Wildman–Crippen LogP) is 3.31. The molecule has 0 bridgehead atoms. The lowest BCUT2D eigenvalue weighted by Crippen LogP contribution is -1.99. The van der Waals surface area contributed by atoms with Crippen LogP contribution in [-0.4, -0.2) is 9.78 Å². The fraction of sp³-hybridized carbons (Fsp3) is 0.250. The zero-order valence-corrected chi connectivity index (χ0v) is 10.2. The average Bonchev–Trinajstić information content (AvgIpc) is 2.79. The number of anilines is 1.